The summed E-state index contributed by atoms with van der Waals surface area (Å²) in [6.07, 6.45) is 5.18. The second-order valence-electron chi connectivity index (χ2n) is 6.20. The first-order chi connectivity index (χ1) is 10.0. The van der Waals surface area contributed by atoms with Gasteiger partial charge in [-0.1, -0.05) is 13.8 Å². The molecule has 1 saturated heterocycles. The van der Waals surface area contributed by atoms with Crippen molar-refractivity contribution < 1.29 is 14.6 Å². The molecule has 124 valence electrons. The predicted octanol–water partition coefficient (Wildman–Crippen LogP) is 2.11. The fraction of sp³-hybridized carbons (Fsp3) is 0.938. The Balaban J connectivity index is 2.34. The van der Waals surface area contributed by atoms with Crippen LogP contribution in [0.2, 0.25) is 0 Å². The van der Waals surface area contributed by atoms with Gasteiger partial charge < -0.3 is 20.1 Å². The Labute approximate surface area is 129 Å². The minimum Gasteiger partial charge on any atom is -0.480 e. The van der Waals surface area contributed by atoms with E-state index >= 15 is 0 Å². The lowest BCUT2D eigenvalue weighted by Crippen LogP contribution is -2.50. The Bertz CT molecular complexity index is 306. The molecule has 0 radical (unpaired) electrons. The Morgan fingerprint density at radius 1 is 1.48 bits per heavy atom. The summed E-state index contributed by atoms with van der Waals surface area (Å²) in [4.78, 5) is 13.8. The molecule has 1 heterocycles. The molecule has 1 aliphatic heterocycles. The average molecular weight is 300 g/mol. The first kappa shape index (κ1) is 18.4. The summed E-state index contributed by atoms with van der Waals surface area (Å²) in [7, 11) is 0. The number of nitrogens with zero attached hydrogens (tertiary/aromatic N) is 1. The first-order valence-electron chi connectivity index (χ1n) is 8.34. The third-order valence-electron chi connectivity index (χ3n) is 4.32. The lowest BCUT2D eigenvalue weighted by atomic mass is 9.95. The van der Waals surface area contributed by atoms with Gasteiger partial charge in [0.1, 0.15) is 5.54 Å². The highest BCUT2D eigenvalue weighted by Crippen LogP contribution is 2.16. The highest BCUT2D eigenvalue weighted by atomic mass is 16.5. The first-order valence-corrected chi connectivity index (χ1v) is 8.34. The molecular formula is C16H32N2O3. The molecular weight excluding hydrogens is 268 g/mol. The SMILES string of the molecule is CCCNC(C)(CCCN(CC)CC1CCCO1)C(=O)O. The molecule has 0 bridgehead atoms. The molecule has 0 aromatic rings. The smallest absolute Gasteiger partial charge is 0.323 e. The van der Waals surface area contributed by atoms with Crippen molar-refractivity contribution in [3.8, 4) is 0 Å². The number of rotatable bonds is 11. The Morgan fingerprint density at radius 3 is 2.76 bits per heavy atom. The summed E-state index contributed by atoms with van der Waals surface area (Å²) in [6, 6.07) is 0. The lowest BCUT2D eigenvalue weighted by molar-refractivity contribution is -0.144. The van der Waals surface area contributed by atoms with E-state index in [9.17, 15) is 9.90 Å². The van der Waals surface area contributed by atoms with Crippen molar-refractivity contribution in [1.29, 1.82) is 0 Å². The Morgan fingerprint density at radius 2 is 2.24 bits per heavy atom. The molecule has 0 aromatic carbocycles. The largest absolute Gasteiger partial charge is 0.480 e. The maximum Gasteiger partial charge on any atom is 0.323 e. The number of aliphatic carboxylic acids is 1. The van der Waals surface area contributed by atoms with Gasteiger partial charge >= 0.3 is 5.97 Å². The average Bonchev–Trinajstić information content (AvgIpc) is 2.96. The van der Waals surface area contributed by atoms with Crippen LogP contribution in [-0.2, 0) is 9.53 Å². The Kier molecular flexibility index (Phi) is 8.22. The standard InChI is InChI=1S/C16H32N2O3/c1-4-10-17-16(3,15(19)20)9-7-11-18(5-2)13-14-8-6-12-21-14/h14,17H,4-13H2,1-3H3,(H,19,20). The van der Waals surface area contributed by atoms with Crippen LogP contribution in [0.15, 0.2) is 0 Å². The van der Waals surface area contributed by atoms with Crippen LogP contribution >= 0.6 is 0 Å². The van der Waals surface area contributed by atoms with Gasteiger partial charge in [-0.15, -0.1) is 0 Å². The molecule has 1 rings (SSSR count). The van der Waals surface area contributed by atoms with Gasteiger partial charge in [-0.3, -0.25) is 4.79 Å². The molecule has 0 aromatic heterocycles. The summed E-state index contributed by atoms with van der Waals surface area (Å²) in [5.41, 5.74) is -0.806. The zero-order valence-electron chi connectivity index (χ0n) is 13.9. The van der Waals surface area contributed by atoms with E-state index < -0.39 is 11.5 Å². The molecule has 2 N–H and O–H groups in total. The second kappa shape index (κ2) is 9.38. The van der Waals surface area contributed by atoms with Crippen molar-refractivity contribution in [1.82, 2.24) is 10.2 Å². The van der Waals surface area contributed by atoms with Gasteiger partial charge in [0.15, 0.2) is 0 Å². The molecule has 2 unspecified atom stereocenters. The molecule has 5 heteroatoms. The van der Waals surface area contributed by atoms with E-state index in [2.05, 4.69) is 24.1 Å². The van der Waals surface area contributed by atoms with E-state index in [1.165, 1.54) is 6.42 Å². The fourth-order valence-electron chi connectivity index (χ4n) is 2.78. The molecule has 0 amide bonds. The number of ether oxygens (including phenoxy) is 1. The zero-order chi connectivity index (χ0) is 15.7. The molecule has 1 aliphatic rings. The van der Waals surface area contributed by atoms with E-state index in [1.807, 2.05) is 0 Å². The van der Waals surface area contributed by atoms with Gasteiger partial charge in [0, 0.05) is 13.2 Å². The number of carboxylic acids is 1. The van der Waals surface area contributed by atoms with Gasteiger partial charge in [0.25, 0.3) is 0 Å². The second-order valence-corrected chi connectivity index (χ2v) is 6.20. The number of carboxylic acid groups (broad SMARTS) is 1. The maximum atomic E-state index is 11.5. The van der Waals surface area contributed by atoms with Crippen molar-refractivity contribution in [2.24, 2.45) is 0 Å². The molecule has 5 nitrogen and oxygen atoms in total. The molecule has 2 atom stereocenters. The lowest BCUT2D eigenvalue weighted by Gasteiger charge is -2.28. The molecule has 0 spiro atoms. The van der Waals surface area contributed by atoms with Crippen LogP contribution in [0.5, 0.6) is 0 Å². The van der Waals surface area contributed by atoms with Gasteiger partial charge in [0.05, 0.1) is 6.10 Å². The normalized spacial score (nSPS) is 21.6. The molecule has 21 heavy (non-hydrogen) atoms. The summed E-state index contributed by atoms with van der Waals surface area (Å²) in [6.45, 7) is 10.5. The van der Waals surface area contributed by atoms with E-state index in [0.717, 1.165) is 52.0 Å². The van der Waals surface area contributed by atoms with E-state index in [1.54, 1.807) is 6.92 Å². The van der Waals surface area contributed by atoms with Crippen LogP contribution in [0.4, 0.5) is 0 Å². The van der Waals surface area contributed by atoms with Crippen LogP contribution in [0, 0.1) is 0 Å². The summed E-state index contributed by atoms with van der Waals surface area (Å²) in [5, 5.41) is 12.6. The topological polar surface area (TPSA) is 61.8 Å². The van der Waals surface area contributed by atoms with Crippen molar-refractivity contribution in [2.75, 3.05) is 32.8 Å². The Hall–Kier alpha value is -0.650. The van der Waals surface area contributed by atoms with Crippen molar-refractivity contribution in [3.63, 3.8) is 0 Å². The number of carbonyl (C=O) groups is 1. The van der Waals surface area contributed by atoms with Crippen molar-refractivity contribution in [3.05, 3.63) is 0 Å². The molecule has 1 fully saturated rings. The van der Waals surface area contributed by atoms with Crippen LogP contribution in [0.25, 0.3) is 0 Å². The van der Waals surface area contributed by atoms with Gasteiger partial charge in [-0.2, -0.15) is 0 Å². The van der Waals surface area contributed by atoms with Crippen molar-refractivity contribution >= 4 is 5.97 Å². The third kappa shape index (κ3) is 6.32. The van der Waals surface area contributed by atoms with Crippen LogP contribution in [-0.4, -0.2) is 60.4 Å². The molecule has 0 aliphatic carbocycles. The van der Waals surface area contributed by atoms with Crippen LogP contribution in [0.3, 0.4) is 0 Å². The zero-order valence-corrected chi connectivity index (χ0v) is 13.9. The quantitative estimate of drug-likeness (QED) is 0.612. The van der Waals surface area contributed by atoms with Gasteiger partial charge in [-0.05, 0) is 58.7 Å². The number of likely N-dealkylation sites (N-methyl/N-ethyl adjacent to an activating group) is 1. The molecule has 0 saturated carbocycles. The van der Waals surface area contributed by atoms with Gasteiger partial charge in [-0.25, -0.2) is 0 Å². The highest BCUT2D eigenvalue weighted by Gasteiger charge is 2.31. The maximum absolute atomic E-state index is 11.5. The fourth-order valence-corrected chi connectivity index (χ4v) is 2.78. The number of nitrogens with one attached hydrogen (secondary N) is 1. The van der Waals surface area contributed by atoms with E-state index in [-0.39, 0.29) is 0 Å². The van der Waals surface area contributed by atoms with E-state index in [4.69, 9.17) is 4.74 Å². The van der Waals surface area contributed by atoms with Gasteiger partial charge in [0.2, 0.25) is 0 Å². The monoisotopic (exact) mass is 300 g/mol. The van der Waals surface area contributed by atoms with Crippen LogP contribution < -0.4 is 5.32 Å². The minimum atomic E-state index is -0.806. The predicted molar refractivity (Wildman–Crippen MR) is 84.7 cm³/mol. The number of hydrogen-bond acceptors (Lipinski definition) is 4. The minimum absolute atomic E-state index is 0.369. The summed E-state index contributed by atoms with van der Waals surface area (Å²) < 4.78 is 5.68. The van der Waals surface area contributed by atoms with Crippen LogP contribution in [0.1, 0.15) is 52.9 Å². The highest BCUT2D eigenvalue weighted by molar-refractivity contribution is 5.78. The van der Waals surface area contributed by atoms with Crippen molar-refractivity contribution in [2.45, 2.75) is 64.5 Å². The summed E-state index contributed by atoms with van der Waals surface area (Å²) in [5.74, 6) is -0.752. The van der Waals surface area contributed by atoms with E-state index in [0.29, 0.717) is 12.5 Å². The summed E-state index contributed by atoms with van der Waals surface area (Å²) >= 11 is 0. The number of hydrogen-bond donors (Lipinski definition) is 2. The third-order valence-corrected chi connectivity index (χ3v) is 4.32.